The number of carbonyl (C=O) groups excluding carboxylic acids is 2. The smallest absolute Gasteiger partial charge is 0.251 e. The standard InChI is InChI=1S/C22H25N5O4S/c1-27-19(13-24-21(29)16-5-4-6-18(11-16)31-3)25-26-22(27)32-14-20(28)23-12-15-7-9-17(30-2)10-8-15/h4-11H,12-14H2,1-3H3,(H,23,28)(H,24,29). The van der Waals surface area contributed by atoms with Crippen molar-refractivity contribution in [3.05, 3.63) is 65.5 Å². The van der Waals surface area contributed by atoms with Gasteiger partial charge in [-0.15, -0.1) is 10.2 Å². The molecule has 9 nitrogen and oxygen atoms in total. The lowest BCUT2D eigenvalue weighted by atomic mass is 10.2. The second-order valence-electron chi connectivity index (χ2n) is 6.79. The van der Waals surface area contributed by atoms with E-state index in [-0.39, 0.29) is 24.1 Å². The van der Waals surface area contributed by atoms with Gasteiger partial charge in [-0.05, 0) is 35.9 Å². The Hall–Kier alpha value is -3.53. The molecule has 0 bridgehead atoms. The molecule has 0 fully saturated rings. The zero-order valence-electron chi connectivity index (χ0n) is 18.1. The average Bonchev–Trinajstić information content (AvgIpc) is 3.19. The summed E-state index contributed by atoms with van der Waals surface area (Å²) in [5.41, 5.74) is 1.48. The molecule has 0 atom stereocenters. The largest absolute Gasteiger partial charge is 0.497 e. The van der Waals surface area contributed by atoms with E-state index in [1.54, 1.807) is 50.1 Å². The van der Waals surface area contributed by atoms with Crippen LogP contribution in [0, 0.1) is 0 Å². The van der Waals surface area contributed by atoms with Crippen LogP contribution in [0.3, 0.4) is 0 Å². The van der Waals surface area contributed by atoms with E-state index in [2.05, 4.69) is 20.8 Å². The maximum Gasteiger partial charge on any atom is 0.251 e. The third-order valence-electron chi connectivity index (χ3n) is 4.65. The van der Waals surface area contributed by atoms with Crippen molar-refractivity contribution in [3.63, 3.8) is 0 Å². The molecule has 0 aliphatic heterocycles. The number of methoxy groups -OCH3 is 2. The van der Waals surface area contributed by atoms with Gasteiger partial charge in [0.15, 0.2) is 11.0 Å². The summed E-state index contributed by atoms with van der Waals surface area (Å²) in [6.45, 7) is 0.646. The van der Waals surface area contributed by atoms with E-state index in [0.717, 1.165) is 11.3 Å². The summed E-state index contributed by atoms with van der Waals surface area (Å²) in [7, 11) is 4.96. The Morgan fingerprint density at radius 2 is 1.72 bits per heavy atom. The van der Waals surface area contributed by atoms with Crippen molar-refractivity contribution in [1.29, 1.82) is 0 Å². The van der Waals surface area contributed by atoms with Crippen LogP contribution in [0.2, 0.25) is 0 Å². The number of ether oxygens (including phenoxy) is 2. The van der Waals surface area contributed by atoms with E-state index in [4.69, 9.17) is 9.47 Å². The zero-order valence-corrected chi connectivity index (χ0v) is 18.9. The first-order valence-corrected chi connectivity index (χ1v) is 10.8. The summed E-state index contributed by atoms with van der Waals surface area (Å²) in [6, 6.07) is 14.4. The Morgan fingerprint density at radius 3 is 2.44 bits per heavy atom. The molecule has 2 aromatic carbocycles. The SMILES string of the molecule is COc1ccc(CNC(=O)CSc2nnc(CNC(=O)c3cccc(OC)c3)n2C)cc1. The minimum atomic E-state index is -0.237. The molecule has 2 amide bonds. The Morgan fingerprint density at radius 1 is 0.969 bits per heavy atom. The molecule has 0 aliphatic carbocycles. The predicted octanol–water partition coefficient (Wildman–Crippen LogP) is 2.17. The maximum absolute atomic E-state index is 12.4. The highest BCUT2D eigenvalue weighted by Gasteiger charge is 2.13. The van der Waals surface area contributed by atoms with Gasteiger partial charge in [0.2, 0.25) is 5.91 Å². The molecule has 10 heteroatoms. The van der Waals surface area contributed by atoms with Gasteiger partial charge < -0.3 is 24.7 Å². The minimum Gasteiger partial charge on any atom is -0.497 e. The Kier molecular flexibility index (Phi) is 8.09. The van der Waals surface area contributed by atoms with Crippen LogP contribution in [0.5, 0.6) is 11.5 Å². The average molecular weight is 456 g/mol. The Balaban J connectivity index is 1.46. The highest BCUT2D eigenvalue weighted by Crippen LogP contribution is 2.16. The fourth-order valence-corrected chi connectivity index (χ4v) is 3.54. The van der Waals surface area contributed by atoms with Gasteiger partial charge in [0.25, 0.3) is 5.91 Å². The maximum atomic E-state index is 12.4. The quantitative estimate of drug-likeness (QED) is 0.451. The van der Waals surface area contributed by atoms with Crippen LogP contribution < -0.4 is 20.1 Å². The van der Waals surface area contributed by atoms with E-state index >= 15 is 0 Å². The first kappa shape index (κ1) is 23.1. The molecule has 0 unspecified atom stereocenters. The molecule has 3 rings (SSSR count). The summed E-state index contributed by atoms with van der Waals surface area (Å²) >= 11 is 1.28. The monoisotopic (exact) mass is 455 g/mol. The highest BCUT2D eigenvalue weighted by atomic mass is 32.2. The van der Waals surface area contributed by atoms with Crippen molar-refractivity contribution in [2.45, 2.75) is 18.2 Å². The normalized spacial score (nSPS) is 10.5. The van der Waals surface area contributed by atoms with Gasteiger partial charge in [-0.1, -0.05) is 30.0 Å². The summed E-state index contributed by atoms with van der Waals surface area (Å²) < 4.78 is 12.0. The van der Waals surface area contributed by atoms with Gasteiger partial charge in [0, 0.05) is 19.2 Å². The van der Waals surface area contributed by atoms with Crippen molar-refractivity contribution >= 4 is 23.6 Å². The molecule has 0 saturated carbocycles. The molecule has 1 heterocycles. The minimum absolute atomic E-state index is 0.110. The van der Waals surface area contributed by atoms with E-state index in [9.17, 15) is 9.59 Å². The van der Waals surface area contributed by atoms with E-state index in [1.165, 1.54) is 11.8 Å². The summed E-state index contributed by atoms with van der Waals surface area (Å²) in [5, 5.41) is 14.5. The second kappa shape index (κ2) is 11.2. The van der Waals surface area contributed by atoms with Crippen molar-refractivity contribution in [2.24, 2.45) is 7.05 Å². The number of amides is 2. The van der Waals surface area contributed by atoms with Crippen LogP contribution in [-0.4, -0.2) is 46.6 Å². The molecule has 3 aromatic rings. The van der Waals surface area contributed by atoms with Crippen LogP contribution in [0.4, 0.5) is 0 Å². The summed E-state index contributed by atoms with van der Waals surface area (Å²) in [4.78, 5) is 24.5. The fourth-order valence-electron chi connectivity index (χ4n) is 2.78. The highest BCUT2D eigenvalue weighted by molar-refractivity contribution is 7.99. The summed E-state index contributed by atoms with van der Waals surface area (Å²) in [6.07, 6.45) is 0. The number of nitrogens with zero attached hydrogens (tertiary/aromatic N) is 3. The lowest BCUT2D eigenvalue weighted by molar-refractivity contribution is -0.118. The lowest BCUT2D eigenvalue weighted by Crippen LogP contribution is -2.25. The van der Waals surface area contributed by atoms with E-state index in [1.807, 2.05) is 24.3 Å². The molecule has 0 aliphatic rings. The second-order valence-corrected chi connectivity index (χ2v) is 7.73. The molecular formula is C22H25N5O4S. The van der Waals surface area contributed by atoms with Crippen LogP contribution in [0.15, 0.2) is 53.7 Å². The fraction of sp³-hybridized carbons (Fsp3) is 0.273. The number of hydrogen-bond donors (Lipinski definition) is 2. The van der Waals surface area contributed by atoms with Crippen LogP contribution in [0.1, 0.15) is 21.7 Å². The number of carbonyl (C=O) groups is 2. The lowest BCUT2D eigenvalue weighted by Gasteiger charge is -2.08. The number of rotatable bonds is 10. The third-order valence-corrected chi connectivity index (χ3v) is 5.67. The molecule has 1 aromatic heterocycles. The number of nitrogens with one attached hydrogen (secondary N) is 2. The van der Waals surface area contributed by atoms with Gasteiger partial charge >= 0.3 is 0 Å². The third kappa shape index (κ3) is 6.24. The van der Waals surface area contributed by atoms with Gasteiger partial charge in [-0.2, -0.15) is 0 Å². The Labute approximate surface area is 190 Å². The number of benzene rings is 2. The van der Waals surface area contributed by atoms with E-state index in [0.29, 0.717) is 28.8 Å². The van der Waals surface area contributed by atoms with Crippen LogP contribution in [0.25, 0.3) is 0 Å². The Bertz CT molecular complexity index is 1070. The van der Waals surface area contributed by atoms with Gasteiger partial charge in [-0.25, -0.2) is 0 Å². The van der Waals surface area contributed by atoms with Crippen molar-refractivity contribution in [3.8, 4) is 11.5 Å². The van der Waals surface area contributed by atoms with E-state index < -0.39 is 0 Å². The van der Waals surface area contributed by atoms with Gasteiger partial charge in [-0.3, -0.25) is 9.59 Å². The first-order chi connectivity index (χ1) is 15.5. The van der Waals surface area contributed by atoms with Crippen LogP contribution in [-0.2, 0) is 24.9 Å². The van der Waals surface area contributed by atoms with Gasteiger partial charge in [0.1, 0.15) is 11.5 Å². The topological polar surface area (TPSA) is 107 Å². The first-order valence-electron chi connectivity index (χ1n) is 9.83. The summed E-state index contributed by atoms with van der Waals surface area (Å²) in [5.74, 6) is 1.83. The predicted molar refractivity (Wildman–Crippen MR) is 121 cm³/mol. The number of hydrogen-bond acceptors (Lipinski definition) is 7. The molecular weight excluding hydrogens is 430 g/mol. The number of aromatic nitrogens is 3. The zero-order chi connectivity index (χ0) is 22.9. The molecule has 0 saturated heterocycles. The van der Waals surface area contributed by atoms with Crippen molar-refractivity contribution < 1.29 is 19.1 Å². The molecule has 0 spiro atoms. The van der Waals surface area contributed by atoms with Crippen molar-refractivity contribution in [1.82, 2.24) is 25.4 Å². The molecule has 32 heavy (non-hydrogen) atoms. The van der Waals surface area contributed by atoms with Crippen LogP contribution >= 0.6 is 11.8 Å². The van der Waals surface area contributed by atoms with Crippen molar-refractivity contribution in [2.75, 3.05) is 20.0 Å². The number of thioether (sulfide) groups is 1. The molecule has 2 N–H and O–H groups in total. The molecule has 168 valence electrons. The van der Waals surface area contributed by atoms with Gasteiger partial charge in [0.05, 0.1) is 26.5 Å². The molecule has 0 radical (unpaired) electrons.